The van der Waals surface area contributed by atoms with Crippen LogP contribution in [0.1, 0.15) is 44.5 Å². The molecular weight excluding hydrogens is 1040 g/mol. The molecule has 0 saturated carbocycles. The van der Waals surface area contributed by atoms with Crippen LogP contribution in [-0.2, 0) is 10.8 Å². The third-order valence-corrected chi connectivity index (χ3v) is 18.8. The van der Waals surface area contributed by atoms with Crippen molar-refractivity contribution in [2.45, 2.75) is 10.8 Å². The minimum atomic E-state index is -0.536. The van der Waals surface area contributed by atoms with Gasteiger partial charge in [0.05, 0.1) is 27.6 Å². The minimum absolute atomic E-state index is 0.468. The first-order valence-electron chi connectivity index (χ1n) is 29.9. The molecule has 0 radical (unpaired) electrons. The van der Waals surface area contributed by atoms with Crippen LogP contribution in [0.4, 0.5) is 17.1 Å². The molecule has 86 heavy (non-hydrogen) atoms. The van der Waals surface area contributed by atoms with Crippen molar-refractivity contribution in [1.82, 2.24) is 4.57 Å². The van der Waals surface area contributed by atoms with Crippen LogP contribution in [0.25, 0.3) is 82.8 Å². The van der Waals surface area contributed by atoms with Gasteiger partial charge < -0.3 is 9.47 Å². The van der Waals surface area contributed by atoms with Crippen molar-refractivity contribution in [2.24, 2.45) is 0 Å². The molecule has 2 aliphatic rings. The van der Waals surface area contributed by atoms with Crippen molar-refractivity contribution in [3.63, 3.8) is 0 Å². The highest BCUT2D eigenvalue weighted by Gasteiger charge is 2.48. The molecule has 2 nitrogen and oxygen atoms in total. The van der Waals surface area contributed by atoms with Gasteiger partial charge in [0, 0.05) is 33.2 Å². The second-order valence-corrected chi connectivity index (χ2v) is 23.0. The summed E-state index contributed by atoms with van der Waals surface area (Å²) in [7, 11) is 0. The summed E-state index contributed by atoms with van der Waals surface area (Å²) in [5, 5.41) is 4.85. The van der Waals surface area contributed by atoms with Crippen molar-refractivity contribution in [2.75, 3.05) is 4.90 Å². The van der Waals surface area contributed by atoms with Crippen molar-refractivity contribution in [3.05, 3.63) is 384 Å². The third kappa shape index (κ3) is 7.33. The molecule has 0 spiro atoms. The Morgan fingerprint density at radius 1 is 0.244 bits per heavy atom. The molecule has 402 valence electrons. The van der Waals surface area contributed by atoms with Crippen molar-refractivity contribution >= 4 is 49.6 Å². The zero-order chi connectivity index (χ0) is 56.8. The smallest absolute Gasteiger partial charge is 0.0714 e. The Morgan fingerprint density at radius 2 is 0.698 bits per heavy atom. The number of hydrogen-bond donors (Lipinski definition) is 0. The molecule has 0 fully saturated rings. The summed E-state index contributed by atoms with van der Waals surface area (Å²) in [5.41, 5.74) is 25.7. The first-order chi connectivity index (χ1) is 42.7. The lowest BCUT2D eigenvalue weighted by Gasteiger charge is -2.35. The number of fused-ring (bicyclic) bond motifs is 10. The molecule has 17 rings (SSSR count). The van der Waals surface area contributed by atoms with E-state index in [2.05, 4.69) is 349 Å². The molecule has 14 aromatic carbocycles. The molecule has 0 N–H and O–H groups in total. The Morgan fingerprint density at radius 3 is 1.34 bits per heavy atom. The highest BCUT2D eigenvalue weighted by atomic mass is 15.1. The standard InChI is InChI=1S/C84H56N2/c1-5-26-60(27-6-1)83(61-28-7-2-8-29-61)77-41-21-18-38-71(77)75-55-65(50-53-78(75)83)86-81-42-22-19-39-73(81)74-51-46-59(54-82(74)86)68-35-16-15-34-67(68)58-44-47-64(48-45-58)85(80-43-23-25-57-24-13-14-36-69(57)80)66-49-52-72-70-37-17-20-40-76(70)84(79(72)56-66,62-30-9-3-10-31-62)63-32-11-4-12-33-63/h1-56H. The van der Waals surface area contributed by atoms with E-state index in [4.69, 9.17) is 0 Å². The van der Waals surface area contributed by atoms with E-state index in [9.17, 15) is 0 Å². The minimum Gasteiger partial charge on any atom is -0.310 e. The van der Waals surface area contributed by atoms with E-state index >= 15 is 0 Å². The van der Waals surface area contributed by atoms with Gasteiger partial charge in [-0.1, -0.05) is 285 Å². The summed E-state index contributed by atoms with van der Waals surface area (Å²) in [4.78, 5) is 2.47. The Hall–Kier alpha value is -11.1. The number of para-hydroxylation sites is 1. The van der Waals surface area contributed by atoms with E-state index in [-0.39, 0.29) is 0 Å². The number of hydrogen-bond acceptors (Lipinski definition) is 1. The molecule has 0 unspecified atom stereocenters. The maximum Gasteiger partial charge on any atom is 0.0714 e. The normalized spacial score (nSPS) is 13.3. The molecule has 1 aromatic heterocycles. The van der Waals surface area contributed by atoms with Crippen LogP contribution in [0.15, 0.2) is 340 Å². The predicted molar refractivity (Wildman–Crippen MR) is 358 cm³/mol. The quantitative estimate of drug-likeness (QED) is 0.132. The number of benzene rings is 14. The van der Waals surface area contributed by atoms with E-state index in [1.54, 1.807) is 0 Å². The first kappa shape index (κ1) is 49.5. The van der Waals surface area contributed by atoms with Gasteiger partial charge in [-0.25, -0.2) is 0 Å². The number of aromatic nitrogens is 1. The fraction of sp³-hybridized carbons (Fsp3) is 0.0238. The second kappa shape index (κ2) is 19.8. The third-order valence-electron chi connectivity index (χ3n) is 18.8. The average Bonchev–Trinajstić information content (AvgIpc) is 1.62. The van der Waals surface area contributed by atoms with Crippen LogP contribution in [0.5, 0.6) is 0 Å². The monoisotopic (exact) mass is 1090 g/mol. The zero-order valence-corrected chi connectivity index (χ0v) is 47.2. The number of anilines is 3. The predicted octanol–water partition coefficient (Wildman–Crippen LogP) is 21.5. The summed E-state index contributed by atoms with van der Waals surface area (Å²) in [6, 6.07) is 126. The molecule has 15 aromatic rings. The largest absolute Gasteiger partial charge is 0.310 e. The Bertz CT molecular complexity index is 5010. The maximum absolute atomic E-state index is 2.49. The average molecular weight is 1090 g/mol. The lowest BCUT2D eigenvalue weighted by molar-refractivity contribution is 0.768. The summed E-state index contributed by atoms with van der Waals surface area (Å²) >= 11 is 0. The summed E-state index contributed by atoms with van der Waals surface area (Å²) < 4.78 is 2.49. The molecule has 0 aliphatic heterocycles. The maximum atomic E-state index is 2.49. The molecule has 0 atom stereocenters. The van der Waals surface area contributed by atoms with E-state index in [0.717, 1.165) is 33.9 Å². The van der Waals surface area contributed by atoms with Crippen LogP contribution in [-0.4, -0.2) is 4.57 Å². The molecule has 0 saturated heterocycles. The first-order valence-corrected chi connectivity index (χ1v) is 29.9. The van der Waals surface area contributed by atoms with Gasteiger partial charge in [0.25, 0.3) is 0 Å². The fourth-order valence-electron chi connectivity index (χ4n) is 15.2. The number of rotatable bonds is 10. The van der Waals surface area contributed by atoms with Crippen molar-refractivity contribution in [1.29, 1.82) is 0 Å². The van der Waals surface area contributed by atoms with E-state index in [1.165, 1.54) is 110 Å². The lowest BCUT2D eigenvalue weighted by atomic mass is 9.67. The van der Waals surface area contributed by atoms with Gasteiger partial charge in [-0.15, -0.1) is 0 Å². The van der Waals surface area contributed by atoms with Gasteiger partial charge in [-0.2, -0.15) is 0 Å². The van der Waals surface area contributed by atoms with Gasteiger partial charge in [-0.3, -0.25) is 0 Å². The van der Waals surface area contributed by atoms with E-state index in [0.29, 0.717) is 0 Å². The van der Waals surface area contributed by atoms with E-state index < -0.39 is 10.8 Å². The van der Waals surface area contributed by atoms with Crippen LogP contribution < -0.4 is 4.90 Å². The van der Waals surface area contributed by atoms with Gasteiger partial charge in [0.1, 0.15) is 0 Å². The van der Waals surface area contributed by atoms with E-state index in [1.807, 2.05) is 0 Å². The zero-order valence-electron chi connectivity index (χ0n) is 47.2. The number of nitrogens with zero attached hydrogens (tertiary/aromatic N) is 2. The Kier molecular flexibility index (Phi) is 11.4. The Labute approximate surface area is 501 Å². The highest BCUT2D eigenvalue weighted by molar-refractivity contribution is 6.11. The molecule has 0 bridgehead atoms. The van der Waals surface area contributed by atoms with Gasteiger partial charge in [0.2, 0.25) is 0 Å². The molecular formula is C84H56N2. The summed E-state index contributed by atoms with van der Waals surface area (Å²) in [5.74, 6) is 0. The summed E-state index contributed by atoms with van der Waals surface area (Å²) in [6.45, 7) is 0. The van der Waals surface area contributed by atoms with Crippen LogP contribution in [0.3, 0.4) is 0 Å². The topological polar surface area (TPSA) is 8.17 Å². The molecule has 0 amide bonds. The van der Waals surface area contributed by atoms with Crippen molar-refractivity contribution in [3.8, 4) is 50.2 Å². The lowest BCUT2D eigenvalue weighted by Crippen LogP contribution is -2.28. The van der Waals surface area contributed by atoms with Crippen molar-refractivity contribution < 1.29 is 0 Å². The van der Waals surface area contributed by atoms with Gasteiger partial charge in [-0.05, 0) is 149 Å². The summed E-state index contributed by atoms with van der Waals surface area (Å²) in [6.07, 6.45) is 0. The molecule has 1 heterocycles. The molecule has 2 heteroatoms. The van der Waals surface area contributed by atoms with Gasteiger partial charge >= 0.3 is 0 Å². The van der Waals surface area contributed by atoms with Crippen LogP contribution in [0.2, 0.25) is 0 Å². The van der Waals surface area contributed by atoms with Gasteiger partial charge in [0.15, 0.2) is 0 Å². The highest BCUT2D eigenvalue weighted by Crippen LogP contribution is 2.59. The Balaban J connectivity index is 0.799. The fourth-order valence-corrected chi connectivity index (χ4v) is 15.2. The molecule has 2 aliphatic carbocycles. The SMILES string of the molecule is c1ccc(C2(c3ccccc3)c3ccccc3-c3cc(-n4c5ccccc5c5ccc(-c6ccccc6-c6ccc(N(c7ccc8c(c7)C(c7ccccc7)(c7ccccc7)c7ccccc7-8)c7cccc8ccccc78)cc6)cc54)ccc32)cc1. The second-order valence-electron chi connectivity index (χ2n) is 23.0. The van der Waals surface area contributed by atoms with Crippen LogP contribution >= 0.6 is 0 Å². The van der Waals surface area contributed by atoms with Crippen LogP contribution in [0, 0.1) is 0 Å².